The van der Waals surface area contributed by atoms with E-state index in [1.807, 2.05) is 0 Å². The zero-order valence-corrected chi connectivity index (χ0v) is 19.5. The van der Waals surface area contributed by atoms with E-state index in [1.54, 1.807) is 67.3 Å². The van der Waals surface area contributed by atoms with Gasteiger partial charge in [-0.2, -0.15) is 0 Å². The van der Waals surface area contributed by atoms with E-state index in [-0.39, 0.29) is 0 Å². The van der Waals surface area contributed by atoms with Gasteiger partial charge in [0.1, 0.15) is 0 Å². The van der Waals surface area contributed by atoms with Gasteiger partial charge in [-0.25, -0.2) is 9.59 Å². The van der Waals surface area contributed by atoms with E-state index in [1.165, 1.54) is 12.8 Å². The average molecular weight is 553 g/mol. The molecule has 0 unspecified atom stereocenters. The molecule has 0 aromatic heterocycles. The first-order valence-electron chi connectivity index (χ1n) is 9.11. The number of hydrogen-bond acceptors (Lipinski definition) is 2. The van der Waals surface area contributed by atoms with Crippen LogP contribution in [0.2, 0.25) is 0 Å². The molecule has 2 aliphatic rings. The third-order valence-corrected chi connectivity index (χ3v) is 8.88. The Bertz CT molecular complexity index is 848. The molecule has 4 rings (SSSR count). The minimum atomic E-state index is -0.879. The number of aromatic carboxylic acids is 2. The van der Waals surface area contributed by atoms with Gasteiger partial charge in [-0.1, -0.05) is 36.4 Å². The van der Waals surface area contributed by atoms with Gasteiger partial charge in [0.2, 0.25) is 0 Å². The summed E-state index contributed by atoms with van der Waals surface area (Å²) in [4.78, 5) is 20.4. The Balaban J connectivity index is 0.000000157. The Morgan fingerprint density at radius 1 is 0.655 bits per heavy atom. The van der Waals surface area contributed by atoms with Crippen LogP contribution in [0.15, 0.2) is 104 Å². The number of benzene rings is 2. The van der Waals surface area contributed by atoms with E-state index < -0.39 is 34.8 Å². The van der Waals surface area contributed by atoms with Crippen LogP contribution in [0, 0.1) is 0 Å². The Morgan fingerprint density at radius 3 is 1.28 bits per heavy atom. The maximum absolute atomic E-state index is 10.2. The maximum Gasteiger partial charge on any atom is 0.335 e. The molecule has 29 heavy (non-hydrogen) atoms. The van der Waals surface area contributed by atoms with Gasteiger partial charge < -0.3 is 10.2 Å². The van der Waals surface area contributed by atoms with E-state index in [0.29, 0.717) is 11.1 Å². The van der Waals surface area contributed by atoms with Crippen molar-refractivity contribution < 1.29 is 42.7 Å². The van der Waals surface area contributed by atoms with Gasteiger partial charge in [-0.3, -0.25) is 0 Å². The maximum atomic E-state index is 10.2. The molecule has 2 aliphatic carbocycles. The number of allylic oxidation sites excluding steroid dienone is 8. The van der Waals surface area contributed by atoms with Crippen LogP contribution in [0.1, 0.15) is 33.6 Å². The van der Waals surface area contributed by atoms with Crippen LogP contribution in [-0.2, 0) is 22.9 Å². The Morgan fingerprint density at radius 2 is 1.03 bits per heavy atom. The number of carboxylic acid groups (broad SMARTS) is 2. The summed E-state index contributed by atoms with van der Waals surface area (Å²) in [6, 6.07) is 16.6. The normalized spacial score (nSPS) is 13.2. The summed E-state index contributed by atoms with van der Waals surface area (Å²) in [5.41, 5.74) is 0.662. The smallest absolute Gasteiger partial charge is 0.335 e. The van der Waals surface area contributed by atoms with Crippen molar-refractivity contribution >= 4 is 11.9 Å². The van der Waals surface area contributed by atoms with Gasteiger partial charge in [-0.15, -0.1) is 0 Å². The second-order valence-electron chi connectivity index (χ2n) is 6.12. The molecular weight excluding hydrogens is 531 g/mol. The Hall–Kier alpha value is -2.79. The molecule has 0 spiro atoms. The van der Waals surface area contributed by atoms with E-state index >= 15 is 0 Å². The molecule has 5 heteroatoms. The second kappa shape index (κ2) is 12.6. The predicted molar refractivity (Wildman–Crippen MR) is 110 cm³/mol. The van der Waals surface area contributed by atoms with Crippen LogP contribution in [0.4, 0.5) is 0 Å². The summed E-state index contributed by atoms with van der Waals surface area (Å²) in [5.74, 6) is -1.76. The Labute approximate surface area is 182 Å². The molecule has 2 aromatic rings. The van der Waals surface area contributed by atoms with E-state index in [0.717, 1.165) is 0 Å². The summed E-state index contributed by atoms with van der Waals surface area (Å²) >= 11 is -0.526. The molecule has 0 bridgehead atoms. The molecule has 0 fully saturated rings. The van der Waals surface area contributed by atoms with Crippen molar-refractivity contribution in [3.8, 4) is 0 Å². The zero-order valence-electron chi connectivity index (χ0n) is 15.9. The molecule has 0 radical (unpaired) electrons. The van der Waals surface area contributed by atoms with E-state index in [2.05, 4.69) is 36.5 Å². The number of carbonyl (C=O) groups is 2. The summed E-state index contributed by atoms with van der Waals surface area (Å²) in [6.45, 7) is 0. The molecule has 0 saturated heterocycles. The van der Waals surface area contributed by atoms with Gasteiger partial charge in [0, 0.05) is 0 Å². The monoisotopic (exact) mass is 554 g/mol. The van der Waals surface area contributed by atoms with Crippen molar-refractivity contribution in [2.45, 2.75) is 12.8 Å². The fourth-order valence-corrected chi connectivity index (χ4v) is 6.80. The number of hydrogen-bond donors (Lipinski definition) is 2. The van der Waals surface area contributed by atoms with Crippen LogP contribution in [0.5, 0.6) is 0 Å². The van der Waals surface area contributed by atoms with Gasteiger partial charge in [-0.05, 0) is 24.3 Å². The van der Waals surface area contributed by atoms with Crippen molar-refractivity contribution in [1.82, 2.24) is 0 Å². The number of carboxylic acids is 2. The minimum Gasteiger partial charge on any atom is -0.478 e. The molecule has 0 saturated carbocycles. The number of rotatable bonds is 4. The third kappa shape index (κ3) is 8.83. The molecule has 146 valence electrons. The van der Waals surface area contributed by atoms with Crippen molar-refractivity contribution in [3.63, 3.8) is 0 Å². The molecule has 0 atom stereocenters. The molecule has 2 N–H and O–H groups in total. The SMILES string of the molecule is C1=CC[C]([Hf][C]2=CC=CC2)=C1.O=C(O)c1ccccc1.O=C(O)c1ccccc1. The van der Waals surface area contributed by atoms with Crippen molar-refractivity contribution in [2.24, 2.45) is 0 Å². The third-order valence-electron chi connectivity index (χ3n) is 3.91. The summed E-state index contributed by atoms with van der Waals surface area (Å²) in [6.07, 6.45) is 16.1. The van der Waals surface area contributed by atoms with Crippen molar-refractivity contribution in [3.05, 3.63) is 115 Å². The zero-order chi connectivity index (χ0) is 20.9. The second-order valence-corrected chi connectivity index (χ2v) is 11.6. The van der Waals surface area contributed by atoms with Gasteiger partial charge in [0.25, 0.3) is 0 Å². The van der Waals surface area contributed by atoms with E-state index in [4.69, 9.17) is 10.2 Å². The fourth-order valence-electron chi connectivity index (χ4n) is 2.45. The molecule has 0 heterocycles. The van der Waals surface area contributed by atoms with Crippen LogP contribution < -0.4 is 0 Å². The minimum absolute atomic E-state index is 0.331. The first kappa shape index (κ1) is 22.5. The summed E-state index contributed by atoms with van der Waals surface area (Å²) in [5, 5.41) is 16.8. The largest absolute Gasteiger partial charge is 0.478 e. The molecule has 0 amide bonds. The topological polar surface area (TPSA) is 74.6 Å². The van der Waals surface area contributed by atoms with Crippen LogP contribution in [0.25, 0.3) is 0 Å². The summed E-state index contributed by atoms with van der Waals surface area (Å²) < 4.78 is 3.50. The fraction of sp³-hybridized carbons (Fsp3) is 0.0833. The summed E-state index contributed by atoms with van der Waals surface area (Å²) in [7, 11) is 0. The van der Waals surface area contributed by atoms with Crippen LogP contribution >= 0.6 is 0 Å². The molecule has 4 nitrogen and oxygen atoms in total. The quantitative estimate of drug-likeness (QED) is 0.490. The van der Waals surface area contributed by atoms with Gasteiger partial charge in [0.15, 0.2) is 0 Å². The Kier molecular flexibility index (Phi) is 9.80. The predicted octanol–water partition coefficient (Wildman–Crippen LogP) is 5.53. The molecule has 0 aliphatic heterocycles. The standard InChI is InChI=1S/2C7H6O2.2C5H5.Hf/c2*8-7(9)6-4-2-1-3-5-6;2*1-2-4-5-3-1;/h2*1-5H,(H,8,9);2*1-3H,4H2;. The van der Waals surface area contributed by atoms with Crippen molar-refractivity contribution in [2.75, 3.05) is 0 Å². The molecular formula is C24H22HfO4. The van der Waals surface area contributed by atoms with E-state index in [9.17, 15) is 9.59 Å². The first-order valence-corrected chi connectivity index (χ1v) is 12.7. The van der Waals surface area contributed by atoms with Crippen LogP contribution in [-0.4, -0.2) is 22.2 Å². The van der Waals surface area contributed by atoms with Gasteiger partial charge in [0.05, 0.1) is 11.1 Å². The first-order chi connectivity index (χ1) is 14.1. The van der Waals surface area contributed by atoms with Crippen molar-refractivity contribution in [1.29, 1.82) is 0 Å². The van der Waals surface area contributed by atoms with Gasteiger partial charge >= 0.3 is 90.8 Å². The average Bonchev–Trinajstić information content (AvgIpc) is 3.45. The van der Waals surface area contributed by atoms with Crippen LogP contribution in [0.3, 0.4) is 0 Å². The molecule has 2 aromatic carbocycles.